The first-order valence-electron chi connectivity index (χ1n) is 6.04. The first kappa shape index (κ1) is 15.7. The van der Waals surface area contributed by atoms with Crippen molar-refractivity contribution in [1.82, 2.24) is 0 Å². The molecule has 0 saturated heterocycles. The number of halogens is 3. The molecule has 7 heteroatoms. The van der Waals surface area contributed by atoms with E-state index in [0.717, 1.165) is 0 Å². The van der Waals surface area contributed by atoms with Crippen LogP contribution in [0.2, 0.25) is 5.02 Å². The summed E-state index contributed by atoms with van der Waals surface area (Å²) in [6.07, 6.45) is 0. The van der Waals surface area contributed by atoms with Crippen LogP contribution in [-0.2, 0) is 0 Å². The van der Waals surface area contributed by atoms with Gasteiger partial charge in [-0.2, -0.15) is 0 Å². The summed E-state index contributed by atoms with van der Waals surface area (Å²) in [7, 11) is 0. The Balaban J connectivity index is 2.29. The zero-order chi connectivity index (χ0) is 15.6. The van der Waals surface area contributed by atoms with Crippen LogP contribution in [0, 0.1) is 15.9 Å². The predicted molar refractivity (Wildman–Crippen MR) is 84.2 cm³/mol. The molecule has 0 radical (unpaired) electrons. The third-order valence-electron chi connectivity index (χ3n) is 2.97. The van der Waals surface area contributed by atoms with E-state index in [-0.39, 0.29) is 16.8 Å². The lowest BCUT2D eigenvalue weighted by Crippen LogP contribution is -2.08. The Morgan fingerprint density at radius 2 is 2.05 bits per heavy atom. The average Bonchev–Trinajstić information content (AvgIpc) is 2.43. The predicted octanol–water partition coefficient (Wildman–Crippen LogP) is 5.32. The molecule has 0 spiro atoms. The van der Waals surface area contributed by atoms with Crippen LogP contribution >= 0.6 is 27.5 Å². The highest BCUT2D eigenvalue weighted by Gasteiger charge is 2.17. The van der Waals surface area contributed by atoms with Gasteiger partial charge in [-0.15, -0.1) is 0 Å². The number of benzene rings is 2. The molecule has 0 aliphatic heterocycles. The van der Waals surface area contributed by atoms with Crippen molar-refractivity contribution in [2.75, 3.05) is 5.32 Å². The molecule has 4 nitrogen and oxygen atoms in total. The van der Waals surface area contributed by atoms with Gasteiger partial charge in [0, 0.05) is 16.6 Å². The molecular formula is C14H11BrClFN2O2. The van der Waals surface area contributed by atoms with E-state index in [1.165, 1.54) is 18.2 Å². The highest BCUT2D eigenvalue weighted by molar-refractivity contribution is 9.10. The van der Waals surface area contributed by atoms with Gasteiger partial charge in [-0.1, -0.05) is 33.6 Å². The molecule has 0 aliphatic rings. The monoisotopic (exact) mass is 372 g/mol. The van der Waals surface area contributed by atoms with Crippen LogP contribution in [0.5, 0.6) is 0 Å². The molecule has 2 aromatic carbocycles. The molecule has 2 rings (SSSR count). The lowest BCUT2D eigenvalue weighted by molar-refractivity contribution is -0.384. The molecule has 1 atom stereocenters. The van der Waals surface area contributed by atoms with Gasteiger partial charge in [-0.25, -0.2) is 4.39 Å². The van der Waals surface area contributed by atoms with Crippen molar-refractivity contribution >= 4 is 38.9 Å². The molecular weight excluding hydrogens is 363 g/mol. The highest BCUT2D eigenvalue weighted by Crippen LogP contribution is 2.31. The Labute approximate surface area is 134 Å². The van der Waals surface area contributed by atoms with E-state index >= 15 is 0 Å². The minimum atomic E-state index is -0.520. The molecule has 21 heavy (non-hydrogen) atoms. The van der Waals surface area contributed by atoms with E-state index in [9.17, 15) is 14.5 Å². The van der Waals surface area contributed by atoms with Crippen LogP contribution in [0.3, 0.4) is 0 Å². The molecule has 1 N–H and O–H groups in total. The van der Waals surface area contributed by atoms with Crippen molar-refractivity contribution in [1.29, 1.82) is 0 Å². The van der Waals surface area contributed by atoms with Crippen LogP contribution in [0.25, 0.3) is 0 Å². The fourth-order valence-corrected chi connectivity index (χ4v) is 2.34. The molecule has 0 heterocycles. The number of nitrogens with zero attached hydrogens (tertiary/aromatic N) is 1. The Kier molecular flexibility index (Phi) is 4.80. The number of hydrogen-bond acceptors (Lipinski definition) is 3. The molecule has 0 bridgehead atoms. The summed E-state index contributed by atoms with van der Waals surface area (Å²) in [6.45, 7) is 1.79. The largest absolute Gasteiger partial charge is 0.373 e. The van der Waals surface area contributed by atoms with Gasteiger partial charge in [-0.05, 0) is 36.8 Å². The van der Waals surface area contributed by atoms with E-state index in [4.69, 9.17) is 11.6 Å². The average molecular weight is 374 g/mol. The molecule has 1 unspecified atom stereocenters. The minimum Gasteiger partial charge on any atom is -0.373 e. The summed E-state index contributed by atoms with van der Waals surface area (Å²) in [5, 5.41) is 14.1. The summed E-state index contributed by atoms with van der Waals surface area (Å²) < 4.78 is 14.1. The van der Waals surface area contributed by atoms with E-state index in [2.05, 4.69) is 21.2 Å². The smallest absolute Gasteiger partial charge is 0.293 e. The zero-order valence-corrected chi connectivity index (χ0v) is 13.3. The number of anilines is 1. The lowest BCUT2D eigenvalue weighted by Gasteiger charge is -2.16. The normalized spacial score (nSPS) is 12.0. The first-order chi connectivity index (χ1) is 9.88. The molecule has 0 aliphatic carbocycles. The second-order valence-corrected chi connectivity index (χ2v) is 5.78. The van der Waals surface area contributed by atoms with Gasteiger partial charge in [0.25, 0.3) is 5.69 Å². The molecule has 0 saturated carbocycles. The number of nitro benzene ring substituents is 1. The van der Waals surface area contributed by atoms with Gasteiger partial charge in [0.2, 0.25) is 0 Å². The second kappa shape index (κ2) is 6.41. The topological polar surface area (TPSA) is 55.2 Å². The summed E-state index contributed by atoms with van der Waals surface area (Å²) in [4.78, 5) is 10.6. The van der Waals surface area contributed by atoms with Crippen molar-refractivity contribution in [3.63, 3.8) is 0 Å². The van der Waals surface area contributed by atoms with Crippen molar-refractivity contribution in [2.24, 2.45) is 0 Å². The SMILES string of the molecule is CC(Nc1ccc(Br)cc1[N+](=O)[O-])c1ccc(Cl)c(F)c1. The summed E-state index contributed by atoms with van der Waals surface area (Å²) >= 11 is 8.84. The Hall–Kier alpha value is -1.66. The van der Waals surface area contributed by atoms with Crippen LogP contribution in [-0.4, -0.2) is 4.92 Å². The van der Waals surface area contributed by atoms with Crippen LogP contribution in [0.1, 0.15) is 18.5 Å². The van der Waals surface area contributed by atoms with Gasteiger partial charge in [-0.3, -0.25) is 10.1 Å². The maximum absolute atomic E-state index is 13.5. The zero-order valence-electron chi connectivity index (χ0n) is 10.9. The molecule has 2 aromatic rings. The maximum Gasteiger partial charge on any atom is 0.293 e. The third-order valence-corrected chi connectivity index (χ3v) is 3.77. The van der Waals surface area contributed by atoms with Gasteiger partial charge < -0.3 is 5.32 Å². The molecule has 0 aromatic heterocycles. The van der Waals surface area contributed by atoms with Gasteiger partial charge in [0.1, 0.15) is 11.5 Å². The van der Waals surface area contributed by atoms with Gasteiger partial charge in [0.05, 0.1) is 9.95 Å². The van der Waals surface area contributed by atoms with E-state index in [0.29, 0.717) is 15.7 Å². The molecule has 0 amide bonds. The van der Waals surface area contributed by atoms with Crippen molar-refractivity contribution in [3.05, 3.63) is 67.4 Å². The molecule has 0 fully saturated rings. The summed E-state index contributed by atoms with van der Waals surface area (Å²) in [6, 6.07) is 8.85. The molecule has 110 valence electrons. The van der Waals surface area contributed by atoms with E-state index in [1.54, 1.807) is 25.1 Å². The number of rotatable bonds is 4. The highest BCUT2D eigenvalue weighted by atomic mass is 79.9. The third kappa shape index (κ3) is 3.71. The van der Waals surface area contributed by atoms with E-state index in [1.807, 2.05) is 0 Å². The van der Waals surface area contributed by atoms with Crippen molar-refractivity contribution in [3.8, 4) is 0 Å². The van der Waals surface area contributed by atoms with Crippen molar-refractivity contribution < 1.29 is 9.31 Å². The fourth-order valence-electron chi connectivity index (χ4n) is 1.88. The van der Waals surface area contributed by atoms with Crippen LogP contribution in [0.4, 0.5) is 15.8 Å². The standard InChI is InChI=1S/C14H11BrClFN2O2/c1-8(9-2-4-11(16)12(17)6-9)18-13-5-3-10(15)7-14(13)19(20)21/h2-8,18H,1H3. The number of nitro groups is 1. The fraction of sp³-hybridized carbons (Fsp3) is 0.143. The Bertz CT molecular complexity index is 697. The maximum atomic E-state index is 13.5. The van der Waals surface area contributed by atoms with Crippen molar-refractivity contribution in [2.45, 2.75) is 13.0 Å². The lowest BCUT2D eigenvalue weighted by atomic mass is 10.1. The quantitative estimate of drug-likeness (QED) is 0.582. The number of hydrogen-bond donors (Lipinski definition) is 1. The number of nitrogens with one attached hydrogen (secondary N) is 1. The van der Waals surface area contributed by atoms with Crippen LogP contribution < -0.4 is 5.32 Å². The Morgan fingerprint density at radius 1 is 1.33 bits per heavy atom. The van der Waals surface area contributed by atoms with E-state index < -0.39 is 10.7 Å². The summed E-state index contributed by atoms with van der Waals surface area (Å²) in [5.74, 6) is -0.520. The van der Waals surface area contributed by atoms with Gasteiger partial charge >= 0.3 is 0 Å². The minimum absolute atomic E-state index is 0.0422. The summed E-state index contributed by atoms with van der Waals surface area (Å²) in [5.41, 5.74) is 0.964. The first-order valence-corrected chi connectivity index (χ1v) is 7.21. The second-order valence-electron chi connectivity index (χ2n) is 4.46. The van der Waals surface area contributed by atoms with Crippen LogP contribution in [0.15, 0.2) is 40.9 Å². The Morgan fingerprint density at radius 3 is 2.67 bits per heavy atom. The van der Waals surface area contributed by atoms with Gasteiger partial charge in [0.15, 0.2) is 0 Å².